The summed E-state index contributed by atoms with van der Waals surface area (Å²) < 4.78 is 0. The Hall–Kier alpha value is -1.06. The van der Waals surface area contributed by atoms with Crippen LogP contribution < -0.4 is 0 Å². The minimum atomic E-state index is -0.849. The van der Waals surface area contributed by atoms with Gasteiger partial charge in [0.05, 0.1) is 5.92 Å². The Balaban J connectivity index is 2.65. The summed E-state index contributed by atoms with van der Waals surface area (Å²) in [4.78, 5) is 24.8. The molecule has 0 spiro atoms. The number of carbonyl (C=O) groups excluding carboxylic acids is 1. The Morgan fingerprint density at radius 1 is 1.39 bits per heavy atom. The Labute approximate surface area is 109 Å². The number of hydrogen-bond donors (Lipinski definition) is 1. The Bertz CT molecular complexity index is 325. The minimum Gasteiger partial charge on any atom is -0.481 e. The van der Waals surface area contributed by atoms with E-state index in [1.54, 1.807) is 18.9 Å². The van der Waals surface area contributed by atoms with Crippen LogP contribution in [0.3, 0.4) is 0 Å². The molecule has 104 valence electrons. The quantitative estimate of drug-likeness (QED) is 0.839. The van der Waals surface area contributed by atoms with Gasteiger partial charge in [0.2, 0.25) is 5.91 Å². The second kappa shape index (κ2) is 5.72. The molecule has 0 aliphatic heterocycles. The van der Waals surface area contributed by atoms with Crippen LogP contribution >= 0.6 is 0 Å². The zero-order valence-electron chi connectivity index (χ0n) is 11.9. The van der Waals surface area contributed by atoms with Crippen molar-refractivity contribution in [1.29, 1.82) is 0 Å². The number of aliphatic carboxylic acids is 1. The Kier molecular flexibility index (Phi) is 4.77. The molecule has 0 radical (unpaired) electrons. The highest BCUT2D eigenvalue weighted by molar-refractivity contribution is 5.80. The molecule has 2 atom stereocenters. The van der Waals surface area contributed by atoms with E-state index in [4.69, 9.17) is 5.11 Å². The number of carboxylic acids is 1. The van der Waals surface area contributed by atoms with E-state index in [0.717, 1.165) is 19.3 Å². The summed E-state index contributed by atoms with van der Waals surface area (Å²) in [7, 11) is 1.71. The van der Waals surface area contributed by atoms with E-state index in [0.29, 0.717) is 6.54 Å². The van der Waals surface area contributed by atoms with Crippen molar-refractivity contribution < 1.29 is 14.7 Å². The number of hydrogen-bond acceptors (Lipinski definition) is 2. The number of amides is 1. The van der Waals surface area contributed by atoms with Gasteiger partial charge in [-0.25, -0.2) is 0 Å². The van der Waals surface area contributed by atoms with Gasteiger partial charge in [0, 0.05) is 19.5 Å². The molecule has 0 heterocycles. The SMILES string of the molecule is CC(CN(C)C(=O)C1CCCCC1(C)C)C(=O)O. The average Bonchev–Trinajstić information content (AvgIpc) is 2.27. The molecule has 0 aromatic rings. The van der Waals surface area contributed by atoms with E-state index in [2.05, 4.69) is 13.8 Å². The molecule has 1 amide bonds. The predicted octanol–water partition coefficient (Wildman–Crippen LogP) is 2.38. The van der Waals surface area contributed by atoms with Gasteiger partial charge >= 0.3 is 5.97 Å². The molecule has 1 N–H and O–H groups in total. The largest absolute Gasteiger partial charge is 0.481 e. The molecular formula is C14H25NO3. The zero-order chi connectivity index (χ0) is 13.9. The first-order valence-corrected chi connectivity index (χ1v) is 6.73. The van der Waals surface area contributed by atoms with Gasteiger partial charge in [-0.3, -0.25) is 9.59 Å². The van der Waals surface area contributed by atoms with E-state index < -0.39 is 11.9 Å². The fourth-order valence-corrected chi connectivity index (χ4v) is 2.80. The van der Waals surface area contributed by atoms with Crippen molar-refractivity contribution in [2.45, 2.75) is 46.5 Å². The van der Waals surface area contributed by atoms with Gasteiger partial charge in [0.25, 0.3) is 0 Å². The number of rotatable bonds is 4. The number of carbonyl (C=O) groups is 2. The lowest BCUT2D eigenvalue weighted by Crippen LogP contribution is -2.44. The fourth-order valence-electron chi connectivity index (χ4n) is 2.80. The lowest BCUT2D eigenvalue weighted by Gasteiger charge is -2.39. The van der Waals surface area contributed by atoms with Gasteiger partial charge in [-0.15, -0.1) is 0 Å². The maximum Gasteiger partial charge on any atom is 0.308 e. The van der Waals surface area contributed by atoms with Crippen LogP contribution in [0.1, 0.15) is 46.5 Å². The fraction of sp³-hybridized carbons (Fsp3) is 0.857. The predicted molar refractivity (Wildman–Crippen MR) is 70.2 cm³/mol. The first-order valence-electron chi connectivity index (χ1n) is 6.73. The molecule has 1 aliphatic carbocycles. The van der Waals surface area contributed by atoms with Crippen LogP contribution in [0.5, 0.6) is 0 Å². The summed E-state index contributed by atoms with van der Waals surface area (Å²) in [6.07, 6.45) is 4.29. The first-order chi connectivity index (χ1) is 8.25. The summed E-state index contributed by atoms with van der Waals surface area (Å²) in [6, 6.07) is 0. The summed E-state index contributed by atoms with van der Waals surface area (Å²) >= 11 is 0. The van der Waals surface area contributed by atoms with E-state index in [-0.39, 0.29) is 17.2 Å². The third kappa shape index (κ3) is 3.47. The van der Waals surface area contributed by atoms with E-state index in [1.807, 2.05) is 0 Å². The molecule has 0 saturated heterocycles. The van der Waals surface area contributed by atoms with Gasteiger partial charge in [0.1, 0.15) is 0 Å². The van der Waals surface area contributed by atoms with Crippen LogP contribution in [0.4, 0.5) is 0 Å². The van der Waals surface area contributed by atoms with Crippen LogP contribution in [0.15, 0.2) is 0 Å². The van der Waals surface area contributed by atoms with Crippen LogP contribution in [0.2, 0.25) is 0 Å². The van der Waals surface area contributed by atoms with Crippen molar-refractivity contribution in [1.82, 2.24) is 4.90 Å². The molecule has 1 fully saturated rings. The summed E-state index contributed by atoms with van der Waals surface area (Å²) in [5, 5.41) is 8.89. The normalized spacial score (nSPS) is 24.3. The van der Waals surface area contributed by atoms with Crippen molar-refractivity contribution in [2.75, 3.05) is 13.6 Å². The van der Waals surface area contributed by atoms with E-state index >= 15 is 0 Å². The highest BCUT2D eigenvalue weighted by Crippen LogP contribution is 2.41. The van der Waals surface area contributed by atoms with E-state index in [1.165, 1.54) is 6.42 Å². The van der Waals surface area contributed by atoms with Crippen molar-refractivity contribution in [3.05, 3.63) is 0 Å². The van der Waals surface area contributed by atoms with Gasteiger partial charge in [-0.05, 0) is 18.3 Å². The van der Waals surface area contributed by atoms with Crippen molar-refractivity contribution in [2.24, 2.45) is 17.3 Å². The van der Waals surface area contributed by atoms with Gasteiger partial charge in [-0.1, -0.05) is 33.6 Å². The summed E-state index contributed by atoms with van der Waals surface area (Å²) in [6.45, 7) is 6.21. The second-order valence-electron chi connectivity index (χ2n) is 6.24. The topological polar surface area (TPSA) is 57.6 Å². The number of nitrogens with zero attached hydrogens (tertiary/aromatic N) is 1. The highest BCUT2D eigenvalue weighted by Gasteiger charge is 2.38. The molecule has 2 unspecified atom stereocenters. The maximum absolute atomic E-state index is 12.4. The van der Waals surface area contributed by atoms with Gasteiger partial charge in [-0.2, -0.15) is 0 Å². The Morgan fingerprint density at radius 2 is 2.00 bits per heavy atom. The smallest absolute Gasteiger partial charge is 0.308 e. The number of carboxylic acid groups (broad SMARTS) is 1. The highest BCUT2D eigenvalue weighted by atomic mass is 16.4. The average molecular weight is 255 g/mol. The van der Waals surface area contributed by atoms with Crippen molar-refractivity contribution in [3.8, 4) is 0 Å². The molecule has 0 aromatic heterocycles. The summed E-state index contributed by atoms with van der Waals surface area (Å²) in [5.74, 6) is -1.21. The van der Waals surface area contributed by atoms with Crippen LogP contribution in [0.25, 0.3) is 0 Å². The van der Waals surface area contributed by atoms with Crippen molar-refractivity contribution in [3.63, 3.8) is 0 Å². The second-order valence-corrected chi connectivity index (χ2v) is 6.24. The standard InChI is InChI=1S/C14H25NO3/c1-10(13(17)18)9-15(4)12(16)11-7-5-6-8-14(11,2)3/h10-11H,5-9H2,1-4H3,(H,17,18). The molecule has 4 nitrogen and oxygen atoms in total. The molecule has 4 heteroatoms. The van der Waals surface area contributed by atoms with Gasteiger partial charge < -0.3 is 10.0 Å². The molecule has 1 aliphatic rings. The van der Waals surface area contributed by atoms with E-state index in [9.17, 15) is 9.59 Å². The maximum atomic E-state index is 12.4. The first kappa shape index (κ1) is 15.0. The van der Waals surface area contributed by atoms with Crippen LogP contribution in [-0.4, -0.2) is 35.5 Å². The summed E-state index contributed by atoms with van der Waals surface area (Å²) in [5.41, 5.74) is 0.0378. The molecule has 0 bridgehead atoms. The third-order valence-electron chi connectivity index (χ3n) is 4.15. The van der Waals surface area contributed by atoms with Crippen molar-refractivity contribution >= 4 is 11.9 Å². The van der Waals surface area contributed by atoms with Gasteiger partial charge in [0.15, 0.2) is 0 Å². The molecule has 18 heavy (non-hydrogen) atoms. The molecular weight excluding hydrogens is 230 g/mol. The molecule has 0 aromatic carbocycles. The monoisotopic (exact) mass is 255 g/mol. The van der Waals surface area contributed by atoms with Crippen LogP contribution in [0, 0.1) is 17.3 Å². The lowest BCUT2D eigenvalue weighted by atomic mass is 9.68. The molecule has 1 saturated carbocycles. The lowest BCUT2D eigenvalue weighted by molar-refractivity contribution is -0.145. The van der Waals surface area contributed by atoms with Crippen LogP contribution in [-0.2, 0) is 9.59 Å². The molecule has 1 rings (SSSR count). The Morgan fingerprint density at radius 3 is 2.50 bits per heavy atom. The third-order valence-corrected chi connectivity index (χ3v) is 4.15. The minimum absolute atomic E-state index is 0.0378. The zero-order valence-corrected chi connectivity index (χ0v) is 11.9.